The van der Waals surface area contributed by atoms with Gasteiger partial charge in [-0.3, -0.25) is 4.99 Å². The van der Waals surface area contributed by atoms with Gasteiger partial charge in [0.15, 0.2) is 5.96 Å². The molecule has 1 rings (SSSR count). The zero-order chi connectivity index (χ0) is 12.7. The smallest absolute Gasteiger partial charge is 0.188 e. The summed E-state index contributed by atoms with van der Waals surface area (Å²) in [6.45, 7) is 7.20. The van der Waals surface area contributed by atoms with E-state index in [9.17, 15) is 0 Å². The zero-order valence-electron chi connectivity index (χ0n) is 12.2. The van der Waals surface area contributed by atoms with Crippen molar-refractivity contribution in [1.29, 1.82) is 0 Å². The van der Waals surface area contributed by atoms with Gasteiger partial charge in [-0.2, -0.15) is 0 Å². The molecule has 3 N–H and O–H groups in total. The molecule has 0 atom stereocenters. The average molecular weight is 367 g/mol. The quantitative estimate of drug-likeness (QED) is 0.445. The predicted octanol–water partition coefficient (Wildman–Crippen LogP) is 3.67. The van der Waals surface area contributed by atoms with Crippen LogP contribution in [0, 0.1) is 5.92 Å². The van der Waals surface area contributed by atoms with Crippen LogP contribution in [0.1, 0.15) is 65.7 Å². The highest BCUT2D eigenvalue weighted by Gasteiger charge is 2.12. The maximum Gasteiger partial charge on any atom is 0.188 e. The summed E-state index contributed by atoms with van der Waals surface area (Å²) in [5.41, 5.74) is 5.89. The molecule has 0 aliphatic heterocycles. The molecule has 1 aliphatic rings. The Balaban J connectivity index is 0.00000289. The molecule has 0 unspecified atom stereocenters. The lowest BCUT2D eigenvalue weighted by Gasteiger charge is -2.22. The van der Waals surface area contributed by atoms with E-state index in [1.165, 1.54) is 44.9 Å². The van der Waals surface area contributed by atoms with Gasteiger partial charge in [-0.05, 0) is 39.5 Å². The number of nitrogens with one attached hydrogen (secondary N) is 1. The third-order valence-electron chi connectivity index (χ3n) is 3.25. The highest BCUT2D eigenvalue weighted by Crippen LogP contribution is 2.22. The topological polar surface area (TPSA) is 50.4 Å². The molecule has 108 valence electrons. The molecule has 0 saturated heterocycles. The van der Waals surface area contributed by atoms with Crippen LogP contribution in [0.2, 0.25) is 0 Å². The van der Waals surface area contributed by atoms with Crippen LogP contribution in [0.15, 0.2) is 4.99 Å². The van der Waals surface area contributed by atoms with Gasteiger partial charge in [0, 0.05) is 12.1 Å². The molecule has 0 radical (unpaired) electrons. The Labute approximate surface area is 129 Å². The van der Waals surface area contributed by atoms with Gasteiger partial charge in [-0.15, -0.1) is 24.0 Å². The van der Waals surface area contributed by atoms with Crippen LogP contribution in [-0.2, 0) is 0 Å². The van der Waals surface area contributed by atoms with Crippen molar-refractivity contribution in [3.05, 3.63) is 0 Å². The van der Waals surface area contributed by atoms with E-state index in [4.69, 9.17) is 5.73 Å². The number of rotatable bonds is 2. The summed E-state index contributed by atoms with van der Waals surface area (Å²) in [7, 11) is 0. The summed E-state index contributed by atoms with van der Waals surface area (Å²) in [6.07, 6.45) is 9.60. The number of hydrogen-bond donors (Lipinski definition) is 2. The van der Waals surface area contributed by atoms with Crippen LogP contribution in [0.25, 0.3) is 0 Å². The highest BCUT2D eigenvalue weighted by molar-refractivity contribution is 14.0. The number of halogens is 1. The molecule has 0 heterocycles. The van der Waals surface area contributed by atoms with Gasteiger partial charge in [-0.1, -0.05) is 32.1 Å². The van der Waals surface area contributed by atoms with Crippen molar-refractivity contribution in [3.8, 4) is 0 Å². The van der Waals surface area contributed by atoms with Crippen molar-refractivity contribution in [1.82, 2.24) is 5.32 Å². The fraction of sp³-hybridized carbons (Fsp3) is 0.929. The molecular formula is C14H30IN3. The molecule has 1 aliphatic carbocycles. The van der Waals surface area contributed by atoms with Crippen LogP contribution in [0.5, 0.6) is 0 Å². The normalized spacial score (nSPS) is 19.6. The van der Waals surface area contributed by atoms with Gasteiger partial charge < -0.3 is 11.1 Å². The molecule has 1 fully saturated rings. The van der Waals surface area contributed by atoms with Gasteiger partial charge >= 0.3 is 0 Å². The summed E-state index contributed by atoms with van der Waals surface area (Å²) >= 11 is 0. The van der Waals surface area contributed by atoms with Crippen molar-refractivity contribution in [2.45, 2.75) is 71.3 Å². The molecule has 18 heavy (non-hydrogen) atoms. The fourth-order valence-electron chi connectivity index (χ4n) is 2.37. The van der Waals surface area contributed by atoms with Crippen molar-refractivity contribution in [2.75, 3.05) is 6.54 Å². The summed E-state index contributed by atoms with van der Waals surface area (Å²) in [4.78, 5) is 4.49. The summed E-state index contributed by atoms with van der Waals surface area (Å²) < 4.78 is 0. The maximum atomic E-state index is 5.89. The van der Waals surface area contributed by atoms with Gasteiger partial charge in [0.05, 0.1) is 0 Å². The number of nitrogens with zero attached hydrogens (tertiary/aromatic N) is 1. The number of guanidine groups is 1. The molecule has 0 aromatic rings. The minimum Gasteiger partial charge on any atom is -0.370 e. The van der Waals surface area contributed by atoms with Gasteiger partial charge in [-0.25, -0.2) is 0 Å². The van der Waals surface area contributed by atoms with E-state index in [1.54, 1.807) is 0 Å². The first-order chi connectivity index (χ1) is 7.97. The summed E-state index contributed by atoms with van der Waals surface area (Å²) in [5, 5.41) is 3.21. The number of aliphatic imine (C=N–C) groups is 1. The third-order valence-corrected chi connectivity index (χ3v) is 3.25. The lowest BCUT2D eigenvalue weighted by Crippen LogP contribution is -2.45. The van der Waals surface area contributed by atoms with Crippen LogP contribution in [-0.4, -0.2) is 18.0 Å². The average Bonchev–Trinajstić information content (AvgIpc) is 2.13. The molecule has 4 heteroatoms. The fourth-order valence-corrected chi connectivity index (χ4v) is 2.37. The number of nitrogens with two attached hydrogens (primary N) is 1. The Hall–Kier alpha value is 0. The molecule has 0 aromatic carbocycles. The van der Waals surface area contributed by atoms with Crippen LogP contribution < -0.4 is 11.1 Å². The standard InChI is InChI=1S/C14H29N3.HI/c1-14(2,3)17-13(15)16-11-12-9-7-5-4-6-8-10-12;/h12H,4-11H2,1-3H3,(H3,15,16,17);1H. The highest BCUT2D eigenvalue weighted by atomic mass is 127. The van der Waals surface area contributed by atoms with E-state index < -0.39 is 0 Å². The van der Waals surface area contributed by atoms with Crippen LogP contribution in [0.3, 0.4) is 0 Å². The van der Waals surface area contributed by atoms with Gasteiger partial charge in [0.25, 0.3) is 0 Å². The second kappa shape index (κ2) is 8.99. The van der Waals surface area contributed by atoms with Crippen molar-refractivity contribution in [2.24, 2.45) is 16.6 Å². The summed E-state index contributed by atoms with van der Waals surface area (Å²) in [6, 6.07) is 0. The van der Waals surface area contributed by atoms with Gasteiger partial charge in [0.2, 0.25) is 0 Å². The molecule has 1 saturated carbocycles. The van der Waals surface area contributed by atoms with Crippen LogP contribution in [0.4, 0.5) is 0 Å². The Morgan fingerprint density at radius 1 is 1.11 bits per heavy atom. The predicted molar refractivity (Wildman–Crippen MR) is 90.6 cm³/mol. The first-order valence-corrected chi connectivity index (χ1v) is 7.05. The first-order valence-electron chi connectivity index (χ1n) is 7.05. The SMILES string of the molecule is CC(C)(C)NC(N)=NCC1CCCCCCC1.I. The Morgan fingerprint density at radius 3 is 2.11 bits per heavy atom. The van der Waals surface area contributed by atoms with E-state index in [0.29, 0.717) is 5.96 Å². The second-order valence-corrected chi connectivity index (χ2v) is 6.31. The van der Waals surface area contributed by atoms with E-state index in [-0.39, 0.29) is 29.5 Å². The van der Waals surface area contributed by atoms with E-state index in [2.05, 4.69) is 31.1 Å². The van der Waals surface area contributed by atoms with E-state index in [1.807, 2.05) is 0 Å². The van der Waals surface area contributed by atoms with Gasteiger partial charge in [0.1, 0.15) is 0 Å². The van der Waals surface area contributed by atoms with Crippen molar-refractivity contribution in [3.63, 3.8) is 0 Å². The first kappa shape index (κ1) is 18.0. The Bertz CT molecular complexity index is 238. The van der Waals surface area contributed by atoms with Crippen molar-refractivity contribution < 1.29 is 0 Å². The van der Waals surface area contributed by atoms with Crippen molar-refractivity contribution >= 4 is 29.9 Å². The lowest BCUT2D eigenvalue weighted by molar-refractivity contribution is 0.385. The Morgan fingerprint density at radius 2 is 1.61 bits per heavy atom. The minimum absolute atomic E-state index is 0. The Kier molecular flexibility index (Phi) is 8.99. The molecule has 0 amide bonds. The zero-order valence-corrected chi connectivity index (χ0v) is 14.5. The molecule has 0 bridgehead atoms. The molecule has 0 aromatic heterocycles. The molecule has 3 nitrogen and oxygen atoms in total. The second-order valence-electron chi connectivity index (χ2n) is 6.31. The minimum atomic E-state index is 0. The van der Waals surface area contributed by atoms with E-state index >= 15 is 0 Å². The van der Waals surface area contributed by atoms with E-state index in [0.717, 1.165) is 12.5 Å². The largest absolute Gasteiger partial charge is 0.370 e. The third kappa shape index (κ3) is 9.00. The number of hydrogen-bond acceptors (Lipinski definition) is 1. The summed E-state index contributed by atoms with van der Waals surface area (Å²) in [5.74, 6) is 1.34. The molecule has 0 spiro atoms. The lowest BCUT2D eigenvalue weighted by atomic mass is 9.91. The maximum absolute atomic E-state index is 5.89. The molecular weight excluding hydrogens is 337 g/mol. The monoisotopic (exact) mass is 367 g/mol. The van der Waals surface area contributed by atoms with Crippen LogP contribution >= 0.6 is 24.0 Å².